The quantitative estimate of drug-likeness (QED) is 0.211. The number of ether oxygens (including phenoxy) is 4. The van der Waals surface area contributed by atoms with Crippen molar-refractivity contribution in [2.45, 2.75) is 76.7 Å². The molecule has 2 saturated heterocycles. The van der Waals surface area contributed by atoms with Crippen LogP contribution in [0.2, 0.25) is 0 Å². The van der Waals surface area contributed by atoms with Gasteiger partial charge in [-0.2, -0.15) is 0 Å². The lowest BCUT2D eigenvalue weighted by molar-refractivity contribution is -0.147. The van der Waals surface area contributed by atoms with Crippen molar-refractivity contribution in [3.8, 4) is 0 Å². The van der Waals surface area contributed by atoms with Gasteiger partial charge in [0.25, 0.3) is 0 Å². The molecule has 2 aliphatic heterocycles. The monoisotopic (exact) mass is 341 g/mol. The van der Waals surface area contributed by atoms with E-state index in [1.165, 1.54) is 7.11 Å². The number of methoxy groups -OCH3 is 1. The maximum Gasteiger partial charge on any atom is 0.305 e. The molecule has 0 N–H and O–H groups in total. The number of hydrogen-bond acceptors (Lipinski definition) is 6. The molecule has 24 heavy (non-hydrogen) atoms. The summed E-state index contributed by atoms with van der Waals surface area (Å²) in [6.45, 7) is 5.98. The number of hydrogen-bond donors (Lipinski definition) is 0. The third-order valence-corrected chi connectivity index (χ3v) is 4.48. The van der Waals surface area contributed by atoms with Crippen molar-refractivity contribution in [1.82, 2.24) is 0 Å². The second kappa shape index (κ2) is 8.16. The van der Waals surface area contributed by atoms with Crippen LogP contribution in [0.4, 0.5) is 0 Å². The summed E-state index contributed by atoms with van der Waals surface area (Å²) in [6.07, 6.45) is 2.52. The number of azide groups is 1. The summed E-state index contributed by atoms with van der Waals surface area (Å²) in [5.41, 5.74) is 8.54. The first-order valence-corrected chi connectivity index (χ1v) is 8.50. The van der Waals surface area contributed by atoms with Crippen LogP contribution in [-0.2, 0) is 23.7 Å². The van der Waals surface area contributed by atoms with Crippen LogP contribution in [0.15, 0.2) is 5.11 Å². The fraction of sp³-hybridized carbons (Fsp3) is 0.938. The molecule has 2 rings (SSSR count). The van der Waals surface area contributed by atoms with Gasteiger partial charge in [0.2, 0.25) is 0 Å². The minimum absolute atomic E-state index is 0.0493. The molecule has 8 heteroatoms. The smallest absolute Gasteiger partial charge is 0.305 e. The van der Waals surface area contributed by atoms with E-state index in [4.69, 9.17) is 24.5 Å². The highest BCUT2D eigenvalue weighted by atomic mass is 16.8. The van der Waals surface area contributed by atoms with Crippen molar-refractivity contribution in [3.63, 3.8) is 0 Å². The maximum atomic E-state index is 11.7. The standard InChI is InChI=1S/C16H27N3O5/c1-5-6-7-10(8-12(20)21-4)13-15(22-13)14-11(9-18-19-17)23-16(2,3)24-14/h10-11,13-15H,5-9H2,1-4H3/t10-,11+,13+,14+,15-/m0/s1. The molecule has 0 spiro atoms. The van der Waals surface area contributed by atoms with Crippen molar-refractivity contribution in [2.75, 3.05) is 13.7 Å². The van der Waals surface area contributed by atoms with Gasteiger partial charge >= 0.3 is 5.97 Å². The van der Waals surface area contributed by atoms with E-state index in [-0.39, 0.29) is 42.8 Å². The van der Waals surface area contributed by atoms with Crippen LogP contribution in [0.1, 0.15) is 46.5 Å². The lowest BCUT2D eigenvalue weighted by Gasteiger charge is -2.17. The molecule has 0 bridgehead atoms. The molecule has 0 saturated carbocycles. The number of carbonyl (C=O) groups is 1. The van der Waals surface area contributed by atoms with Crippen LogP contribution in [0.5, 0.6) is 0 Å². The predicted octanol–water partition coefficient (Wildman–Crippen LogP) is 2.95. The predicted molar refractivity (Wildman–Crippen MR) is 86.1 cm³/mol. The van der Waals surface area contributed by atoms with Gasteiger partial charge in [0.05, 0.1) is 32.3 Å². The average Bonchev–Trinajstić information content (AvgIpc) is 3.27. The summed E-state index contributed by atoms with van der Waals surface area (Å²) < 4.78 is 22.4. The van der Waals surface area contributed by atoms with Gasteiger partial charge in [-0.15, -0.1) is 0 Å². The van der Waals surface area contributed by atoms with E-state index in [9.17, 15) is 4.79 Å². The summed E-state index contributed by atoms with van der Waals surface area (Å²) >= 11 is 0. The zero-order valence-electron chi connectivity index (χ0n) is 14.8. The van der Waals surface area contributed by atoms with Gasteiger partial charge in [-0.1, -0.05) is 24.9 Å². The molecular formula is C16H27N3O5. The lowest BCUT2D eigenvalue weighted by Crippen LogP contribution is -2.33. The first-order valence-electron chi connectivity index (χ1n) is 8.50. The Morgan fingerprint density at radius 3 is 2.75 bits per heavy atom. The second-order valence-electron chi connectivity index (χ2n) is 6.80. The molecule has 0 aromatic heterocycles. The van der Waals surface area contributed by atoms with Crippen LogP contribution in [0, 0.1) is 5.92 Å². The third kappa shape index (κ3) is 4.83. The zero-order chi connectivity index (χ0) is 17.7. The van der Waals surface area contributed by atoms with E-state index in [2.05, 4.69) is 16.9 Å². The van der Waals surface area contributed by atoms with E-state index in [1.54, 1.807) is 0 Å². The summed E-state index contributed by atoms with van der Waals surface area (Å²) in [6, 6.07) is 0. The number of epoxide rings is 1. The molecule has 2 heterocycles. The second-order valence-corrected chi connectivity index (χ2v) is 6.80. The molecule has 2 fully saturated rings. The van der Waals surface area contributed by atoms with E-state index >= 15 is 0 Å². The molecule has 8 nitrogen and oxygen atoms in total. The first-order chi connectivity index (χ1) is 11.4. The van der Waals surface area contributed by atoms with Gasteiger partial charge in [-0.25, -0.2) is 0 Å². The Kier molecular flexibility index (Phi) is 6.46. The Bertz CT molecular complexity index is 492. The third-order valence-electron chi connectivity index (χ3n) is 4.48. The van der Waals surface area contributed by atoms with Gasteiger partial charge in [0.15, 0.2) is 5.79 Å². The zero-order valence-corrected chi connectivity index (χ0v) is 14.8. The highest BCUT2D eigenvalue weighted by Gasteiger charge is 2.57. The Morgan fingerprint density at radius 1 is 1.38 bits per heavy atom. The minimum atomic E-state index is -0.738. The van der Waals surface area contributed by atoms with Crippen LogP contribution in [0.25, 0.3) is 10.4 Å². The largest absolute Gasteiger partial charge is 0.469 e. The number of unbranched alkanes of at least 4 members (excludes halogenated alkanes) is 1. The van der Waals surface area contributed by atoms with E-state index < -0.39 is 5.79 Å². The van der Waals surface area contributed by atoms with E-state index in [0.29, 0.717) is 6.42 Å². The summed E-state index contributed by atoms with van der Waals surface area (Å²) in [7, 11) is 1.40. The molecule has 2 aliphatic rings. The maximum absolute atomic E-state index is 11.7. The number of nitrogens with zero attached hydrogens (tertiary/aromatic N) is 3. The van der Waals surface area contributed by atoms with Crippen molar-refractivity contribution in [3.05, 3.63) is 10.4 Å². The van der Waals surface area contributed by atoms with Crippen molar-refractivity contribution in [2.24, 2.45) is 11.0 Å². The minimum Gasteiger partial charge on any atom is -0.469 e. The van der Waals surface area contributed by atoms with Crippen LogP contribution in [-0.4, -0.2) is 49.8 Å². The summed E-state index contributed by atoms with van der Waals surface area (Å²) in [4.78, 5) is 14.5. The first kappa shape index (κ1) is 19.0. The summed E-state index contributed by atoms with van der Waals surface area (Å²) in [5, 5.41) is 3.61. The van der Waals surface area contributed by atoms with Crippen LogP contribution in [0.3, 0.4) is 0 Å². The fourth-order valence-corrected chi connectivity index (χ4v) is 3.33. The topological polar surface area (TPSA) is 106 Å². The number of esters is 1. The SMILES string of the molecule is CCCC[C@@H](CC(=O)OC)[C@H]1O[C@@H]1[C@@H]1OC(C)(C)O[C@@H]1CN=[N+]=[N-]. The molecule has 5 atom stereocenters. The van der Waals surface area contributed by atoms with Gasteiger partial charge in [0, 0.05) is 4.91 Å². The highest BCUT2D eigenvalue weighted by molar-refractivity contribution is 5.69. The molecule has 0 radical (unpaired) electrons. The summed E-state index contributed by atoms with van der Waals surface area (Å²) in [5.74, 6) is -0.854. The van der Waals surface area contributed by atoms with Crippen LogP contribution < -0.4 is 0 Å². The highest BCUT2D eigenvalue weighted by Crippen LogP contribution is 2.43. The normalized spacial score (nSPS) is 32.0. The molecule has 0 unspecified atom stereocenters. The molecular weight excluding hydrogens is 314 g/mol. The van der Waals surface area contributed by atoms with Crippen LogP contribution >= 0.6 is 0 Å². The van der Waals surface area contributed by atoms with Gasteiger partial charge < -0.3 is 18.9 Å². The average molecular weight is 341 g/mol. The van der Waals surface area contributed by atoms with Crippen molar-refractivity contribution < 1.29 is 23.7 Å². The number of rotatable bonds is 9. The molecule has 136 valence electrons. The van der Waals surface area contributed by atoms with E-state index in [1.807, 2.05) is 13.8 Å². The van der Waals surface area contributed by atoms with Crippen molar-refractivity contribution >= 4 is 5.97 Å². The molecule has 0 aromatic rings. The van der Waals surface area contributed by atoms with E-state index in [0.717, 1.165) is 19.3 Å². The Morgan fingerprint density at radius 2 is 2.12 bits per heavy atom. The molecule has 0 aliphatic carbocycles. The number of carbonyl (C=O) groups excluding carboxylic acids is 1. The lowest BCUT2D eigenvalue weighted by atomic mass is 9.91. The van der Waals surface area contributed by atoms with Gasteiger partial charge in [-0.3, -0.25) is 4.79 Å². The van der Waals surface area contributed by atoms with Gasteiger partial charge in [-0.05, 0) is 31.7 Å². The molecule has 0 amide bonds. The Balaban J connectivity index is 2.01. The fourth-order valence-electron chi connectivity index (χ4n) is 3.33. The van der Waals surface area contributed by atoms with Gasteiger partial charge in [0.1, 0.15) is 12.2 Å². The Hall–Kier alpha value is -1.34. The van der Waals surface area contributed by atoms with Crippen molar-refractivity contribution in [1.29, 1.82) is 0 Å². The molecule has 0 aromatic carbocycles. The Labute approximate surface area is 142 Å².